The summed E-state index contributed by atoms with van der Waals surface area (Å²) in [4.78, 5) is 16.6. The normalized spacial score (nSPS) is 11.0. The van der Waals surface area contributed by atoms with E-state index in [1.54, 1.807) is 71.8 Å². The van der Waals surface area contributed by atoms with E-state index in [2.05, 4.69) is 10.3 Å². The Kier molecular flexibility index (Phi) is 5.39. The van der Waals surface area contributed by atoms with Gasteiger partial charge in [0.1, 0.15) is 0 Å². The Morgan fingerprint density at radius 3 is 2.79 bits per heavy atom. The summed E-state index contributed by atoms with van der Waals surface area (Å²) < 4.78 is 1.78. The SMILES string of the molecule is Cn1cncc1/C(N)=C/N(N)c1cccc(C(=O)Nc2cccc(C#N)c2)c1. The second kappa shape index (κ2) is 8.07. The summed E-state index contributed by atoms with van der Waals surface area (Å²) >= 11 is 0. The van der Waals surface area contributed by atoms with Crippen LogP contribution in [0.2, 0.25) is 0 Å². The van der Waals surface area contributed by atoms with E-state index in [0.29, 0.717) is 28.2 Å². The number of anilines is 2. The van der Waals surface area contributed by atoms with Crippen molar-refractivity contribution in [3.8, 4) is 6.07 Å². The minimum atomic E-state index is -0.311. The van der Waals surface area contributed by atoms with Crippen molar-refractivity contribution in [1.29, 1.82) is 5.26 Å². The molecule has 0 aliphatic rings. The van der Waals surface area contributed by atoms with Crippen LogP contribution in [0.4, 0.5) is 11.4 Å². The lowest BCUT2D eigenvalue weighted by Gasteiger charge is -2.16. The molecule has 0 fully saturated rings. The number of rotatable bonds is 5. The third-order valence-corrected chi connectivity index (χ3v) is 4.05. The Morgan fingerprint density at radius 2 is 2.07 bits per heavy atom. The molecule has 140 valence electrons. The molecule has 0 bridgehead atoms. The number of aryl methyl sites for hydroxylation is 1. The molecule has 0 aliphatic carbocycles. The van der Waals surface area contributed by atoms with Gasteiger partial charge in [0.25, 0.3) is 5.91 Å². The van der Waals surface area contributed by atoms with Gasteiger partial charge in [0.05, 0.1) is 41.2 Å². The van der Waals surface area contributed by atoms with Crippen LogP contribution in [0, 0.1) is 11.3 Å². The molecule has 8 nitrogen and oxygen atoms in total. The van der Waals surface area contributed by atoms with Crippen molar-refractivity contribution in [2.75, 3.05) is 10.3 Å². The van der Waals surface area contributed by atoms with Gasteiger partial charge in [-0.1, -0.05) is 12.1 Å². The molecular weight excluding hydrogens is 354 g/mol. The number of nitrogens with two attached hydrogens (primary N) is 2. The lowest BCUT2D eigenvalue weighted by atomic mass is 10.1. The number of amides is 1. The maximum atomic E-state index is 12.5. The summed E-state index contributed by atoms with van der Waals surface area (Å²) in [5.74, 6) is 5.78. The van der Waals surface area contributed by atoms with Crippen molar-refractivity contribution in [1.82, 2.24) is 9.55 Å². The number of nitrogens with one attached hydrogen (secondary N) is 1. The third kappa shape index (κ3) is 4.17. The number of carbonyl (C=O) groups is 1. The Morgan fingerprint density at radius 1 is 1.29 bits per heavy atom. The van der Waals surface area contributed by atoms with E-state index >= 15 is 0 Å². The molecule has 3 aromatic rings. The Balaban J connectivity index is 1.78. The summed E-state index contributed by atoms with van der Waals surface area (Å²) in [6.45, 7) is 0. The van der Waals surface area contributed by atoms with Gasteiger partial charge in [-0.25, -0.2) is 10.8 Å². The van der Waals surface area contributed by atoms with E-state index in [1.807, 2.05) is 13.1 Å². The Bertz CT molecular complexity index is 1080. The molecule has 3 rings (SSSR count). The number of hydrogen-bond acceptors (Lipinski definition) is 6. The molecule has 0 radical (unpaired) electrons. The number of carbonyl (C=O) groups excluding carboxylic acids is 1. The molecule has 2 aromatic carbocycles. The molecule has 8 heteroatoms. The Labute approximate surface area is 162 Å². The summed E-state index contributed by atoms with van der Waals surface area (Å²) in [5.41, 5.74) is 9.25. The quantitative estimate of drug-likeness (QED) is 0.465. The van der Waals surface area contributed by atoms with Crippen molar-refractivity contribution >= 4 is 23.0 Å². The van der Waals surface area contributed by atoms with Gasteiger partial charge < -0.3 is 15.6 Å². The Hall–Kier alpha value is -4.09. The summed E-state index contributed by atoms with van der Waals surface area (Å²) in [5, 5.41) is 13.1. The average molecular weight is 373 g/mol. The van der Waals surface area contributed by atoms with E-state index in [1.165, 1.54) is 5.01 Å². The highest BCUT2D eigenvalue weighted by Gasteiger charge is 2.10. The highest BCUT2D eigenvalue weighted by Crippen LogP contribution is 2.18. The zero-order chi connectivity index (χ0) is 20.1. The largest absolute Gasteiger partial charge is 0.396 e. The van der Waals surface area contributed by atoms with Crippen molar-refractivity contribution in [2.45, 2.75) is 0 Å². The number of aromatic nitrogens is 2. The summed E-state index contributed by atoms with van der Waals surface area (Å²) in [6, 6.07) is 15.6. The number of imidazole rings is 1. The smallest absolute Gasteiger partial charge is 0.255 e. The van der Waals surface area contributed by atoms with E-state index < -0.39 is 0 Å². The minimum absolute atomic E-state index is 0.311. The highest BCUT2D eigenvalue weighted by atomic mass is 16.1. The molecule has 0 saturated carbocycles. The van der Waals surface area contributed by atoms with E-state index in [-0.39, 0.29) is 5.91 Å². The lowest BCUT2D eigenvalue weighted by molar-refractivity contribution is 0.102. The van der Waals surface area contributed by atoms with E-state index in [9.17, 15) is 4.79 Å². The van der Waals surface area contributed by atoms with Gasteiger partial charge in [-0.05, 0) is 36.4 Å². The van der Waals surface area contributed by atoms with Crippen LogP contribution in [-0.4, -0.2) is 15.5 Å². The van der Waals surface area contributed by atoms with Crippen LogP contribution in [-0.2, 0) is 7.05 Å². The fourth-order valence-electron chi connectivity index (χ4n) is 2.60. The number of nitriles is 1. The number of hydrazine groups is 1. The van der Waals surface area contributed by atoms with Crippen LogP contribution >= 0.6 is 0 Å². The molecule has 5 N–H and O–H groups in total. The second-order valence-electron chi connectivity index (χ2n) is 6.08. The summed E-state index contributed by atoms with van der Waals surface area (Å²) in [6.07, 6.45) is 4.84. The molecule has 0 saturated heterocycles. The molecule has 0 atom stereocenters. The lowest BCUT2D eigenvalue weighted by Crippen LogP contribution is -2.26. The standard InChI is InChI=1S/C20H19N7O/c1-26-13-24-11-19(26)18(22)12-27(23)17-7-3-5-15(9-17)20(28)25-16-6-2-4-14(8-16)10-21/h2-9,11-13H,22-23H2,1H3,(H,25,28)/b18-12-. The first-order valence-electron chi connectivity index (χ1n) is 8.37. The molecule has 1 aromatic heterocycles. The minimum Gasteiger partial charge on any atom is -0.396 e. The fourth-order valence-corrected chi connectivity index (χ4v) is 2.60. The molecule has 0 unspecified atom stereocenters. The summed E-state index contributed by atoms with van der Waals surface area (Å²) in [7, 11) is 1.83. The van der Waals surface area contributed by atoms with Gasteiger partial charge in [0.15, 0.2) is 0 Å². The predicted molar refractivity (Wildman–Crippen MR) is 108 cm³/mol. The van der Waals surface area contributed by atoms with Crippen LogP contribution in [0.1, 0.15) is 21.6 Å². The van der Waals surface area contributed by atoms with Crippen LogP contribution in [0.5, 0.6) is 0 Å². The first-order valence-corrected chi connectivity index (χ1v) is 8.37. The van der Waals surface area contributed by atoms with E-state index in [0.717, 1.165) is 5.69 Å². The van der Waals surface area contributed by atoms with Crippen LogP contribution in [0.3, 0.4) is 0 Å². The predicted octanol–water partition coefficient (Wildman–Crippen LogP) is 2.18. The van der Waals surface area contributed by atoms with Gasteiger partial charge in [-0.3, -0.25) is 9.80 Å². The van der Waals surface area contributed by atoms with Gasteiger partial charge in [0, 0.05) is 24.5 Å². The van der Waals surface area contributed by atoms with Crippen molar-refractivity contribution < 1.29 is 4.79 Å². The highest BCUT2D eigenvalue weighted by molar-refractivity contribution is 6.04. The number of benzene rings is 2. The monoisotopic (exact) mass is 373 g/mol. The van der Waals surface area contributed by atoms with Crippen molar-refractivity contribution in [2.24, 2.45) is 18.6 Å². The third-order valence-electron chi connectivity index (χ3n) is 4.05. The fraction of sp³-hybridized carbons (Fsp3) is 0.0500. The van der Waals surface area contributed by atoms with Crippen LogP contribution in [0.15, 0.2) is 67.3 Å². The van der Waals surface area contributed by atoms with E-state index in [4.69, 9.17) is 16.8 Å². The maximum absolute atomic E-state index is 12.5. The molecule has 28 heavy (non-hydrogen) atoms. The van der Waals surface area contributed by atoms with Gasteiger partial charge in [-0.2, -0.15) is 5.26 Å². The van der Waals surface area contributed by atoms with Gasteiger partial charge >= 0.3 is 0 Å². The first kappa shape index (κ1) is 18.7. The van der Waals surface area contributed by atoms with Gasteiger partial charge in [0.2, 0.25) is 0 Å². The van der Waals surface area contributed by atoms with Crippen LogP contribution < -0.4 is 21.9 Å². The molecule has 1 amide bonds. The average Bonchev–Trinajstić information content (AvgIpc) is 3.14. The first-order chi connectivity index (χ1) is 13.5. The zero-order valence-electron chi connectivity index (χ0n) is 15.2. The van der Waals surface area contributed by atoms with Crippen LogP contribution in [0.25, 0.3) is 5.70 Å². The molecule has 1 heterocycles. The number of nitrogens with zero attached hydrogens (tertiary/aromatic N) is 4. The number of hydrogen-bond donors (Lipinski definition) is 3. The molecule has 0 aliphatic heterocycles. The molecular formula is C20H19N7O. The zero-order valence-corrected chi connectivity index (χ0v) is 15.2. The van der Waals surface area contributed by atoms with Crippen molar-refractivity contribution in [3.05, 3.63) is 84.1 Å². The van der Waals surface area contributed by atoms with Crippen molar-refractivity contribution in [3.63, 3.8) is 0 Å². The topological polar surface area (TPSA) is 126 Å². The maximum Gasteiger partial charge on any atom is 0.255 e. The van der Waals surface area contributed by atoms with Gasteiger partial charge in [-0.15, -0.1) is 0 Å². The molecule has 0 spiro atoms. The second-order valence-corrected chi connectivity index (χ2v) is 6.08.